The average molecular weight is 373 g/mol. The summed E-state index contributed by atoms with van der Waals surface area (Å²) in [6.07, 6.45) is 2.18. The smallest absolute Gasteiger partial charge is 0.407 e. The molecule has 2 aromatic rings. The SMILES string of the molecule is O=C(Nc1cccnc1)Nc1ccc(F)c(CN2CCN(C(=O)O)CC2)c1. The minimum Gasteiger partial charge on any atom is -0.465 e. The van der Waals surface area contributed by atoms with Gasteiger partial charge in [0.25, 0.3) is 0 Å². The molecule has 3 amide bonds. The summed E-state index contributed by atoms with van der Waals surface area (Å²) in [4.78, 5) is 30.2. The number of nitrogens with zero attached hydrogens (tertiary/aromatic N) is 3. The molecule has 0 saturated carbocycles. The van der Waals surface area contributed by atoms with Crippen LogP contribution in [0.15, 0.2) is 42.7 Å². The second kappa shape index (κ2) is 8.45. The highest BCUT2D eigenvalue weighted by atomic mass is 19.1. The van der Waals surface area contributed by atoms with Crippen molar-refractivity contribution >= 4 is 23.5 Å². The minimum atomic E-state index is -0.938. The number of carbonyl (C=O) groups excluding carboxylic acids is 1. The molecule has 0 bridgehead atoms. The van der Waals surface area contributed by atoms with Crippen molar-refractivity contribution in [3.8, 4) is 0 Å². The van der Waals surface area contributed by atoms with Gasteiger partial charge in [-0.25, -0.2) is 14.0 Å². The molecule has 0 unspecified atom stereocenters. The summed E-state index contributed by atoms with van der Waals surface area (Å²) in [6, 6.07) is 7.35. The summed E-state index contributed by atoms with van der Waals surface area (Å²) in [5.41, 5.74) is 1.46. The molecule has 8 nitrogen and oxygen atoms in total. The van der Waals surface area contributed by atoms with Gasteiger partial charge in [0.05, 0.1) is 11.9 Å². The number of aromatic nitrogens is 1. The lowest BCUT2D eigenvalue weighted by atomic mass is 10.1. The van der Waals surface area contributed by atoms with E-state index in [0.29, 0.717) is 49.7 Å². The number of urea groups is 1. The molecule has 1 fully saturated rings. The highest BCUT2D eigenvalue weighted by molar-refractivity contribution is 5.99. The highest BCUT2D eigenvalue weighted by Crippen LogP contribution is 2.18. The first-order valence-electron chi connectivity index (χ1n) is 8.48. The Labute approximate surface area is 155 Å². The van der Waals surface area contributed by atoms with Crippen LogP contribution < -0.4 is 10.6 Å². The number of halogens is 1. The first-order chi connectivity index (χ1) is 13.0. The molecule has 1 aliphatic rings. The van der Waals surface area contributed by atoms with E-state index >= 15 is 0 Å². The van der Waals surface area contributed by atoms with Crippen LogP contribution in [-0.2, 0) is 6.54 Å². The van der Waals surface area contributed by atoms with Gasteiger partial charge in [0.2, 0.25) is 0 Å². The zero-order valence-corrected chi connectivity index (χ0v) is 14.6. The van der Waals surface area contributed by atoms with Gasteiger partial charge in [0, 0.05) is 50.2 Å². The molecule has 1 aromatic carbocycles. The number of carboxylic acid groups (broad SMARTS) is 1. The molecule has 3 N–H and O–H groups in total. The van der Waals surface area contributed by atoms with Crippen LogP contribution in [0.1, 0.15) is 5.56 Å². The Kier molecular flexibility index (Phi) is 5.82. The lowest BCUT2D eigenvalue weighted by Gasteiger charge is -2.33. The quantitative estimate of drug-likeness (QED) is 0.765. The Balaban J connectivity index is 1.59. The summed E-state index contributed by atoms with van der Waals surface area (Å²) < 4.78 is 14.1. The van der Waals surface area contributed by atoms with E-state index in [1.165, 1.54) is 23.2 Å². The van der Waals surface area contributed by atoms with Gasteiger partial charge in [-0.1, -0.05) is 0 Å². The van der Waals surface area contributed by atoms with E-state index < -0.39 is 12.1 Å². The standard InChI is InChI=1S/C18H20FN5O3/c19-16-4-3-14(21-17(25)22-15-2-1-5-20-11-15)10-13(16)12-23-6-8-24(9-7-23)18(26)27/h1-5,10-11H,6-9,12H2,(H,26,27)(H2,21,22,25). The number of hydrogen-bond acceptors (Lipinski definition) is 4. The monoisotopic (exact) mass is 373 g/mol. The van der Waals surface area contributed by atoms with Crippen LogP contribution in [0, 0.1) is 5.82 Å². The maximum atomic E-state index is 14.1. The highest BCUT2D eigenvalue weighted by Gasteiger charge is 2.21. The zero-order chi connectivity index (χ0) is 19.2. The summed E-state index contributed by atoms with van der Waals surface area (Å²) in [5, 5.41) is 14.3. The van der Waals surface area contributed by atoms with Crippen molar-refractivity contribution in [3.05, 3.63) is 54.1 Å². The summed E-state index contributed by atoms with van der Waals surface area (Å²) in [6.45, 7) is 2.19. The Morgan fingerprint density at radius 3 is 2.52 bits per heavy atom. The van der Waals surface area contributed by atoms with Crippen molar-refractivity contribution in [3.63, 3.8) is 0 Å². The average Bonchev–Trinajstić information content (AvgIpc) is 2.65. The topological polar surface area (TPSA) is 97.8 Å². The van der Waals surface area contributed by atoms with Gasteiger partial charge in [-0.2, -0.15) is 0 Å². The Bertz CT molecular complexity index is 810. The molecule has 0 aliphatic carbocycles. The predicted octanol–water partition coefficient (Wildman–Crippen LogP) is 2.66. The van der Waals surface area contributed by atoms with E-state index in [0.717, 1.165) is 0 Å². The second-order valence-corrected chi connectivity index (χ2v) is 6.17. The number of carbonyl (C=O) groups is 2. The van der Waals surface area contributed by atoms with Crippen molar-refractivity contribution in [1.29, 1.82) is 0 Å². The molecule has 1 aromatic heterocycles. The van der Waals surface area contributed by atoms with E-state index in [9.17, 15) is 14.0 Å². The first kappa shape index (κ1) is 18.6. The first-order valence-corrected chi connectivity index (χ1v) is 8.48. The number of anilines is 2. The molecule has 3 rings (SSSR count). The van der Waals surface area contributed by atoms with Gasteiger partial charge in [0.1, 0.15) is 5.82 Å². The Morgan fingerprint density at radius 1 is 1.11 bits per heavy atom. The maximum absolute atomic E-state index is 14.1. The summed E-state index contributed by atoms with van der Waals surface area (Å²) >= 11 is 0. The van der Waals surface area contributed by atoms with Gasteiger partial charge < -0.3 is 20.6 Å². The van der Waals surface area contributed by atoms with Crippen molar-refractivity contribution in [2.75, 3.05) is 36.8 Å². The van der Waals surface area contributed by atoms with Crippen LogP contribution in [0.5, 0.6) is 0 Å². The fourth-order valence-electron chi connectivity index (χ4n) is 2.84. The molecule has 2 heterocycles. The van der Waals surface area contributed by atoms with Crippen LogP contribution in [0.25, 0.3) is 0 Å². The number of amides is 3. The van der Waals surface area contributed by atoms with Crippen LogP contribution in [0.4, 0.5) is 25.4 Å². The predicted molar refractivity (Wildman–Crippen MR) is 98.2 cm³/mol. The molecule has 0 spiro atoms. The van der Waals surface area contributed by atoms with Crippen LogP contribution in [-0.4, -0.2) is 58.2 Å². The molecule has 1 aliphatic heterocycles. The number of hydrogen-bond donors (Lipinski definition) is 3. The fourth-order valence-corrected chi connectivity index (χ4v) is 2.84. The summed E-state index contributed by atoms with van der Waals surface area (Å²) in [7, 11) is 0. The maximum Gasteiger partial charge on any atom is 0.407 e. The van der Waals surface area contributed by atoms with E-state index in [1.54, 1.807) is 24.4 Å². The number of pyridine rings is 1. The molecule has 1 saturated heterocycles. The number of nitrogens with one attached hydrogen (secondary N) is 2. The Hall–Kier alpha value is -3.20. The molecular weight excluding hydrogens is 353 g/mol. The third-order valence-electron chi connectivity index (χ3n) is 4.26. The summed E-state index contributed by atoms with van der Waals surface area (Å²) in [5.74, 6) is -0.367. The van der Waals surface area contributed by atoms with E-state index in [1.807, 2.05) is 4.90 Å². The van der Waals surface area contributed by atoms with E-state index in [2.05, 4.69) is 15.6 Å². The Morgan fingerprint density at radius 2 is 1.85 bits per heavy atom. The zero-order valence-electron chi connectivity index (χ0n) is 14.6. The molecule has 142 valence electrons. The number of rotatable bonds is 4. The van der Waals surface area contributed by atoms with Crippen LogP contribution in [0.2, 0.25) is 0 Å². The van der Waals surface area contributed by atoms with Gasteiger partial charge >= 0.3 is 12.1 Å². The van der Waals surface area contributed by atoms with Crippen molar-refractivity contribution in [2.45, 2.75) is 6.54 Å². The van der Waals surface area contributed by atoms with Gasteiger partial charge in [-0.05, 0) is 30.3 Å². The normalized spacial score (nSPS) is 14.6. The molecule has 27 heavy (non-hydrogen) atoms. The molecule has 0 radical (unpaired) electrons. The van der Waals surface area contributed by atoms with Crippen molar-refractivity contribution < 1.29 is 19.1 Å². The largest absolute Gasteiger partial charge is 0.465 e. The van der Waals surface area contributed by atoms with Crippen molar-refractivity contribution in [2.24, 2.45) is 0 Å². The molecule has 0 atom stereocenters. The van der Waals surface area contributed by atoms with Gasteiger partial charge in [-0.15, -0.1) is 0 Å². The molecule has 9 heteroatoms. The lowest BCUT2D eigenvalue weighted by Crippen LogP contribution is -2.47. The third kappa shape index (κ3) is 5.14. The van der Waals surface area contributed by atoms with Gasteiger partial charge in [0.15, 0.2) is 0 Å². The van der Waals surface area contributed by atoms with Crippen molar-refractivity contribution in [1.82, 2.24) is 14.8 Å². The number of benzene rings is 1. The molecular formula is C18H20FN5O3. The second-order valence-electron chi connectivity index (χ2n) is 6.17. The fraction of sp³-hybridized carbons (Fsp3) is 0.278. The number of piperazine rings is 1. The van der Waals surface area contributed by atoms with Gasteiger partial charge in [-0.3, -0.25) is 9.88 Å². The van der Waals surface area contributed by atoms with Crippen LogP contribution in [0.3, 0.4) is 0 Å². The van der Waals surface area contributed by atoms with E-state index in [4.69, 9.17) is 5.11 Å². The minimum absolute atomic E-state index is 0.346. The third-order valence-corrected chi connectivity index (χ3v) is 4.26. The lowest BCUT2D eigenvalue weighted by molar-refractivity contribution is 0.102. The van der Waals surface area contributed by atoms with E-state index in [-0.39, 0.29) is 5.82 Å². The van der Waals surface area contributed by atoms with Crippen LogP contribution >= 0.6 is 0 Å².